The highest BCUT2D eigenvalue weighted by Gasteiger charge is 2.34. The fraction of sp³-hybridized carbons (Fsp3) is 0.533. The van der Waals surface area contributed by atoms with E-state index in [1.165, 1.54) is 7.11 Å². The number of halogens is 1. The zero-order valence-corrected chi connectivity index (χ0v) is 14.0. The fourth-order valence-electron chi connectivity index (χ4n) is 2.00. The molecule has 5 heteroatoms. The van der Waals surface area contributed by atoms with E-state index < -0.39 is 5.54 Å². The molecule has 0 heterocycles. The summed E-state index contributed by atoms with van der Waals surface area (Å²) in [6, 6.07) is 7.93. The lowest BCUT2D eigenvalue weighted by Gasteiger charge is -2.30. The van der Waals surface area contributed by atoms with Crippen LogP contribution < -0.4 is 5.32 Å². The third-order valence-corrected chi connectivity index (χ3v) is 4.19. The van der Waals surface area contributed by atoms with Crippen LogP contribution in [0.3, 0.4) is 0 Å². The largest absolute Gasteiger partial charge is 0.468 e. The predicted octanol–water partition coefficient (Wildman–Crippen LogP) is 3.75. The Morgan fingerprint density at radius 3 is 2.50 bits per heavy atom. The summed E-state index contributed by atoms with van der Waals surface area (Å²) in [6.07, 6.45) is 0.700. The SMILES string of the molecule is COC(=O)C(C)(CCSc1ccc(Cl)cc1)NC(C)C. The summed E-state index contributed by atoms with van der Waals surface area (Å²) < 4.78 is 4.91. The minimum atomic E-state index is -0.650. The summed E-state index contributed by atoms with van der Waals surface area (Å²) >= 11 is 7.56. The van der Waals surface area contributed by atoms with E-state index in [2.05, 4.69) is 5.32 Å². The highest BCUT2D eigenvalue weighted by Crippen LogP contribution is 2.24. The molecule has 3 nitrogen and oxygen atoms in total. The van der Waals surface area contributed by atoms with E-state index in [9.17, 15) is 4.79 Å². The number of carbonyl (C=O) groups is 1. The molecular weight excluding hydrogens is 294 g/mol. The van der Waals surface area contributed by atoms with Crippen molar-refractivity contribution in [2.24, 2.45) is 0 Å². The normalized spacial score (nSPS) is 14.1. The highest BCUT2D eigenvalue weighted by molar-refractivity contribution is 7.99. The first-order valence-electron chi connectivity index (χ1n) is 6.62. The van der Waals surface area contributed by atoms with Gasteiger partial charge in [-0.1, -0.05) is 11.6 Å². The van der Waals surface area contributed by atoms with E-state index in [1.807, 2.05) is 45.0 Å². The van der Waals surface area contributed by atoms with Crippen LogP contribution in [-0.2, 0) is 9.53 Å². The Labute approximate surface area is 130 Å². The van der Waals surface area contributed by atoms with Gasteiger partial charge in [-0.05, 0) is 51.5 Å². The number of hydrogen-bond acceptors (Lipinski definition) is 4. The molecule has 1 unspecified atom stereocenters. The molecule has 1 N–H and O–H groups in total. The molecule has 112 valence electrons. The summed E-state index contributed by atoms with van der Waals surface area (Å²) in [5, 5.41) is 4.03. The smallest absolute Gasteiger partial charge is 0.325 e. The lowest BCUT2D eigenvalue weighted by Crippen LogP contribution is -2.53. The molecule has 0 radical (unpaired) electrons. The van der Waals surface area contributed by atoms with Gasteiger partial charge in [-0.15, -0.1) is 11.8 Å². The summed E-state index contributed by atoms with van der Waals surface area (Å²) in [5.41, 5.74) is -0.650. The van der Waals surface area contributed by atoms with Crippen LogP contribution in [0, 0.1) is 0 Å². The van der Waals surface area contributed by atoms with Crippen LogP contribution in [0.1, 0.15) is 27.2 Å². The topological polar surface area (TPSA) is 38.3 Å². The van der Waals surface area contributed by atoms with Gasteiger partial charge < -0.3 is 4.74 Å². The van der Waals surface area contributed by atoms with Crippen LogP contribution in [0.5, 0.6) is 0 Å². The van der Waals surface area contributed by atoms with Crippen LogP contribution >= 0.6 is 23.4 Å². The maximum Gasteiger partial charge on any atom is 0.325 e. The number of esters is 1. The predicted molar refractivity (Wildman–Crippen MR) is 85.5 cm³/mol. The molecule has 1 aromatic rings. The third-order valence-electron chi connectivity index (χ3n) is 2.93. The average Bonchev–Trinajstić information content (AvgIpc) is 2.39. The van der Waals surface area contributed by atoms with Gasteiger partial charge >= 0.3 is 5.97 Å². The van der Waals surface area contributed by atoms with E-state index in [0.717, 1.165) is 15.7 Å². The van der Waals surface area contributed by atoms with Crippen LogP contribution in [0.4, 0.5) is 0 Å². The van der Waals surface area contributed by atoms with E-state index >= 15 is 0 Å². The van der Waals surface area contributed by atoms with Crippen molar-refractivity contribution in [3.63, 3.8) is 0 Å². The van der Waals surface area contributed by atoms with E-state index in [1.54, 1.807) is 11.8 Å². The molecule has 1 aromatic carbocycles. The lowest BCUT2D eigenvalue weighted by molar-refractivity contribution is -0.148. The van der Waals surface area contributed by atoms with Crippen molar-refractivity contribution in [2.45, 2.75) is 43.7 Å². The second kappa shape index (κ2) is 7.91. The third kappa shape index (κ3) is 5.35. The molecule has 0 fully saturated rings. The Hall–Kier alpha value is -0.710. The van der Waals surface area contributed by atoms with Crippen LogP contribution in [0.25, 0.3) is 0 Å². The minimum Gasteiger partial charge on any atom is -0.468 e. The van der Waals surface area contributed by atoms with Gasteiger partial charge in [0.15, 0.2) is 0 Å². The summed E-state index contributed by atoms with van der Waals surface area (Å²) in [6.45, 7) is 5.93. The number of hydrogen-bond donors (Lipinski definition) is 1. The minimum absolute atomic E-state index is 0.220. The van der Waals surface area contributed by atoms with E-state index in [4.69, 9.17) is 16.3 Å². The molecule has 0 saturated carbocycles. The van der Waals surface area contributed by atoms with Crippen molar-refractivity contribution in [3.05, 3.63) is 29.3 Å². The molecule has 0 spiro atoms. The molecule has 0 aliphatic rings. The van der Waals surface area contributed by atoms with E-state index in [0.29, 0.717) is 6.42 Å². The van der Waals surface area contributed by atoms with Crippen molar-refractivity contribution in [3.8, 4) is 0 Å². The summed E-state index contributed by atoms with van der Waals surface area (Å²) in [7, 11) is 1.43. The molecule has 0 aliphatic carbocycles. The van der Waals surface area contributed by atoms with Gasteiger partial charge in [-0.25, -0.2) is 0 Å². The van der Waals surface area contributed by atoms with Gasteiger partial charge in [-0.3, -0.25) is 10.1 Å². The molecular formula is C15H22ClNO2S. The quantitative estimate of drug-likeness (QED) is 0.614. The van der Waals surface area contributed by atoms with Crippen molar-refractivity contribution in [1.82, 2.24) is 5.32 Å². The van der Waals surface area contributed by atoms with Crippen molar-refractivity contribution < 1.29 is 9.53 Å². The number of nitrogens with one attached hydrogen (secondary N) is 1. The Morgan fingerprint density at radius 1 is 1.40 bits per heavy atom. The van der Waals surface area contributed by atoms with Gasteiger partial charge in [0.2, 0.25) is 0 Å². The molecule has 0 aromatic heterocycles. The first-order valence-corrected chi connectivity index (χ1v) is 7.98. The second-order valence-corrected chi connectivity index (χ2v) is 6.78. The monoisotopic (exact) mass is 315 g/mol. The first kappa shape index (κ1) is 17.3. The lowest BCUT2D eigenvalue weighted by atomic mass is 9.98. The van der Waals surface area contributed by atoms with Crippen LogP contribution in [0.2, 0.25) is 5.02 Å². The fourth-order valence-corrected chi connectivity index (χ4v) is 3.20. The molecule has 1 rings (SSSR count). The van der Waals surface area contributed by atoms with Crippen LogP contribution in [0.15, 0.2) is 29.2 Å². The van der Waals surface area contributed by atoms with Crippen LogP contribution in [-0.4, -0.2) is 30.4 Å². The second-order valence-electron chi connectivity index (χ2n) is 5.18. The molecule has 0 bridgehead atoms. The zero-order valence-electron chi connectivity index (χ0n) is 12.4. The average molecular weight is 316 g/mol. The van der Waals surface area contributed by atoms with Gasteiger partial charge in [0.25, 0.3) is 0 Å². The standard InChI is InChI=1S/C15H22ClNO2S/c1-11(2)17-15(3,14(18)19-4)9-10-20-13-7-5-12(16)6-8-13/h5-8,11,17H,9-10H2,1-4H3. The number of thioether (sulfide) groups is 1. The highest BCUT2D eigenvalue weighted by atomic mass is 35.5. The number of rotatable bonds is 7. The zero-order chi connectivity index (χ0) is 15.2. The van der Waals surface area contributed by atoms with Gasteiger partial charge in [0.05, 0.1) is 7.11 Å². The summed E-state index contributed by atoms with van der Waals surface area (Å²) in [5.74, 6) is 0.607. The number of methoxy groups -OCH3 is 1. The van der Waals surface area contributed by atoms with Gasteiger partial charge in [0.1, 0.15) is 5.54 Å². The Balaban J connectivity index is 2.58. The Kier molecular flexibility index (Phi) is 6.86. The van der Waals surface area contributed by atoms with Gasteiger partial charge in [0, 0.05) is 21.7 Å². The first-order chi connectivity index (χ1) is 9.37. The van der Waals surface area contributed by atoms with Gasteiger partial charge in [-0.2, -0.15) is 0 Å². The molecule has 0 amide bonds. The number of carbonyl (C=O) groups excluding carboxylic acids is 1. The maximum absolute atomic E-state index is 11.9. The summed E-state index contributed by atoms with van der Waals surface area (Å²) in [4.78, 5) is 13.1. The van der Waals surface area contributed by atoms with E-state index in [-0.39, 0.29) is 12.0 Å². The van der Waals surface area contributed by atoms with Crippen molar-refractivity contribution in [1.29, 1.82) is 0 Å². The number of benzene rings is 1. The Bertz CT molecular complexity index is 436. The molecule has 0 aliphatic heterocycles. The number of ether oxygens (including phenoxy) is 1. The Morgan fingerprint density at radius 2 is 2.00 bits per heavy atom. The maximum atomic E-state index is 11.9. The van der Waals surface area contributed by atoms with Crippen molar-refractivity contribution in [2.75, 3.05) is 12.9 Å². The molecule has 1 atom stereocenters. The molecule has 0 saturated heterocycles. The van der Waals surface area contributed by atoms with Crippen molar-refractivity contribution >= 4 is 29.3 Å². The molecule has 20 heavy (non-hydrogen) atoms.